The molecule has 0 bridgehead atoms. The van der Waals surface area contributed by atoms with E-state index in [4.69, 9.17) is 0 Å². The van der Waals surface area contributed by atoms with Gasteiger partial charge in [0.25, 0.3) is 5.56 Å². The topological polar surface area (TPSA) is 91.8 Å². The van der Waals surface area contributed by atoms with Gasteiger partial charge >= 0.3 is 0 Å². The summed E-state index contributed by atoms with van der Waals surface area (Å²) >= 11 is 1.43. The SMILES string of the molecule is CC(C)(C)c1ccc(-c2nc3n(c(=O)c2C#N)C[C@@H](CO)CS3)cn1. The fraction of sp³-hybridized carbons (Fsp3) is 0.444. The van der Waals surface area contributed by atoms with Crippen LogP contribution in [-0.2, 0) is 12.0 Å². The Bertz CT molecular complexity index is 892. The third-order valence-corrected chi connectivity index (χ3v) is 5.41. The summed E-state index contributed by atoms with van der Waals surface area (Å²) in [6.45, 7) is 6.63. The van der Waals surface area contributed by atoms with Gasteiger partial charge in [0.15, 0.2) is 5.16 Å². The molecule has 2 aromatic heterocycles. The van der Waals surface area contributed by atoms with Crippen LogP contribution < -0.4 is 5.56 Å². The monoisotopic (exact) mass is 356 g/mol. The van der Waals surface area contributed by atoms with Gasteiger partial charge in [-0.3, -0.25) is 14.3 Å². The predicted molar refractivity (Wildman–Crippen MR) is 96.4 cm³/mol. The zero-order chi connectivity index (χ0) is 18.2. The van der Waals surface area contributed by atoms with Gasteiger partial charge in [0.1, 0.15) is 11.6 Å². The summed E-state index contributed by atoms with van der Waals surface area (Å²) in [5.41, 5.74) is 1.57. The molecule has 130 valence electrons. The molecule has 1 aliphatic rings. The van der Waals surface area contributed by atoms with Gasteiger partial charge in [-0.2, -0.15) is 5.26 Å². The molecule has 0 fully saturated rings. The minimum Gasteiger partial charge on any atom is -0.396 e. The quantitative estimate of drug-likeness (QED) is 0.829. The summed E-state index contributed by atoms with van der Waals surface area (Å²) in [4.78, 5) is 21.7. The lowest BCUT2D eigenvalue weighted by Crippen LogP contribution is -2.34. The van der Waals surface area contributed by atoms with Crippen molar-refractivity contribution in [3.8, 4) is 17.3 Å². The molecule has 1 aliphatic heterocycles. The number of aromatic nitrogens is 3. The first-order valence-corrected chi connectivity index (χ1v) is 9.09. The number of aliphatic hydroxyl groups excluding tert-OH is 1. The number of nitrogens with zero attached hydrogens (tertiary/aromatic N) is 4. The minimum atomic E-state index is -0.354. The zero-order valence-electron chi connectivity index (χ0n) is 14.5. The van der Waals surface area contributed by atoms with E-state index in [-0.39, 0.29) is 29.1 Å². The molecule has 0 radical (unpaired) electrons. The maximum absolute atomic E-state index is 12.7. The third kappa shape index (κ3) is 3.32. The Balaban J connectivity index is 2.10. The van der Waals surface area contributed by atoms with E-state index in [2.05, 4.69) is 30.7 Å². The Kier molecular flexibility index (Phi) is 4.67. The number of rotatable bonds is 2. The summed E-state index contributed by atoms with van der Waals surface area (Å²) in [6.07, 6.45) is 1.67. The van der Waals surface area contributed by atoms with Gasteiger partial charge in [0.05, 0.1) is 5.69 Å². The Morgan fingerprint density at radius 3 is 2.76 bits per heavy atom. The lowest BCUT2D eigenvalue weighted by atomic mass is 9.91. The van der Waals surface area contributed by atoms with Gasteiger partial charge in [-0.1, -0.05) is 32.5 Å². The molecule has 3 heterocycles. The highest BCUT2D eigenvalue weighted by Crippen LogP contribution is 2.29. The molecule has 7 heteroatoms. The highest BCUT2D eigenvalue weighted by atomic mass is 32.2. The molecule has 0 amide bonds. The highest BCUT2D eigenvalue weighted by molar-refractivity contribution is 7.99. The van der Waals surface area contributed by atoms with Crippen LogP contribution in [0.4, 0.5) is 0 Å². The lowest BCUT2D eigenvalue weighted by molar-refractivity contribution is 0.217. The summed E-state index contributed by atoms with van der Waals surface area (Å²) in [5.74, 6) is 0.706. The second kappa shape index (κ2) is 6.62. The van der Waals surface area contributed by atoms with Crippen LogP contribution in [0.3, 0.4) is 0 Å². The van der Waals surface area contributed by atoms with E-state index in [1.807, 2.05) is 18.2 Å². The third-order valence-electron chi connectivity index (χ3n) is 4.20. The fourth-order valence-electron chi connectivity index (χ4n) is 2.71. The van der Waals surface area contributed by atoms with E-state index in [0.29, 0.717) is 28.7 Å². The number of hydrogen-bond donors (Lipinski definition) is 1. The van der Waals surface area contributed by atoms with Crippen molar-refractivity contribution in [2.45, 2.75) is 37.9 Å². The number of pyridine rings is 1. The molecule has 1 N–H and O–H groups in total. The van der Waals surface area contributed by atoms with Crippen molar-refractivity contribution in [1.82, 2.24) is 14.5 Å². The molecule has 25 heavy (non-hydrogen) atoms. The summed E-state index contributed by atoms with van der Waals surface area (Å²) < 4.78 is 1.49. The van der Waals surface area contributed by atoms with Gasteiger partial charge in [-0.25, -0.2) is 4.98 Å². The molecule has 0 saturated carbocycles. The van der Waals surface area contributed by atoms with Gasteiger partial charge < -0.3 is 5.11 Å². The highest BCUT2D eigenvalue weighted by Gasteiger charge is 2.25. The van der Waals surface area contributed by atoms with E-state index in [1.54, 1.807) is 6.20 Å². The molecule has 0 saturated heterocycles. The average molecular weight is 356 g/mol. The van der Waals surface area contributed by atoms with Crippen molar-refractivity contribution in [1.29, 1.82) is 5.26 Å². The number of fused-ring (bicyclic) bond motifs is 1. The van der Waals surface area contributed by atoms with E-state index in [1.165, 1.54) is 16.3 Å². The van der Waals surface area contributed by atoms with Gasteiger partial charge in [0, 0.05) is 47.7 Å². The van der Waals surface area contributed by atoms with Gasteiger partial charge in [0.2, 0.25) is 0 Å². The molecular formula is C18H20N4O2S. The minimum absolute atomic E-state index is 0.00197. The van der Waals surface area contributed by atoms with Gasteiger partial charge in [-0.05, 0) is 12.1 Å². The van der Waals surface area contributed by atoms with Crippen molar-refractivity contribution in [2.75, 3.05) is 12.4 Å². The van der Waals surface area contributed by atoms with Crippen molar-refractivity contribution in [2.24, 2.45) is 5.92 Å². The van der Waals surface area contributed by atoms with Crippen molar-refractivity contribution in [3.63, 3.8) is 0 Å². The first-order valence-electron chi connectivity index (χ1n) is 8.10. The molecule has 0 unspecified atom stereocenters. The van der Waals surface area contributed by atoms with E-state index in [0.717, 1.165) is 5.69 Å². The normalized spacial score (nSPS) is 17.0. The standard InChI is InChI=1S/C18H20N4O2S/c1-18(2,3)14-5-4-12(7-20-14)15-13(6-19)16(24)22-8-11(9-23)10-25-17(22)21-15/h4-5,7,11,23H,8-10H2,1-3H3/t11-/m0/s1. The second-order valence-corrected chi connectivity index (χ2v) is 8.17. The second-order valence-electron chi connectivity index (χ2n) is 7.19. The molecule has 1 atom stereocenters. The van der Waals surface area contributed by atoms with Crippen LogP contribution in [0.5, 0.6) is 0 Å². The van der Waals surface area contributed by atoms with Crippen LogP contribution in [0.15, 0.2) is 28.3 Å². The number of aliphatic hydroxyl groups is 1. The molecule has 2 aromatic rings. The Hall–Kier alpha value is -2.17. The number of nitriles is 1. The summed E-state index contributed by atoms with van der Waals surface area (Å²) in [6, 6.07) is 5.76. The maximum atomic E-state index is 12.7. The zero-order valence-corrected chi connectivity index (χ0v) is 15.3. The first-order chi connectivity index (χ1) is 11.8. The molecule has 3 rings (SSSR count). The summed E-state index contributed by atoms with van der Waals surface area (Å²) in [7, 11) is 0. The van der Waals surface area contributed by atoms with E-state index in [9.17, 15) is 15.2 Å². The molecule has 0 spiro atoms. The van der Waals surface area contributed by atoms with Crippen molar-refractivity contribution < 1.29 is 5.11 Å². The Morgan fingerprint density at radius 2 is 2.20 bits per heavy atom. The van der Waals surface area contributed by atoms with E-state index >= 15 is 0 Å². The largest absolute Gasteiger partial charge is 0.396 e. The first kappa shape index (κ1) is 17.6. The maximum Gasteiger partial charge on any atom is 0.272 e. The smallest absolute Gasteiger partial charge is 0.272 e. The van der Waals surface area contributed by atoms with Crippen LogP contribution in [0.1, 0.15) is 32.0 Å². The lowest BCUT2D eigenvalue weighted by Gasteiger charge is -2.24. The molecular weight excluding hydrogens is 336 g/mol. The fourth-order valence-corrected chi connectivity index (χ4v) is 3.77. The summed E-state index contributed by atoms with van der Waals surface area (Å²) in [5, 5.41) is 19.4. The average Bonchev–Trinajstić information content (AvgIpc) is 2.60. The van der Waals surface area contributed by atoms with Crippen LogP contribution in [0, 0.1) is 17.2 Å². The number of hydrogen-bond acceptors (Lipinski definition) is 6. The van der Waals surface area contributed by atoms with Crippen LogP contribution in [0.25, 0.3) is 11.3 Å². The van der Waals surface area contributed by atoms with E-state index < -0.39 is 0 Å². The predicted octanol–water partition coefficient (Wildman–Crippen LogP) is 2.19. The Morgan fingerprint density at radius 1 is 1.44 bits per heavy atom. The van der Waals surface area contributed by atoms with Gasteiger partial charge in [-0.15, -0.1) is 0 Å². The van der Waals surface area contributed by atoms with Crippen LogP contribution in [0.2, 0.25) is 0 Å². The molecule has 0 aromatic carbocycles. The number of thioether (sulfide) groups is 1. The van der Waals surface area contributed by atoms with Crippen molar-refractivity contribution in [3.05, 3.63) is 39.9 Å². The molecule has 0 aliphatic carbocycles. The molecule has 6 nitrogen and oxygen atoms in total. The Labute approximate surface area is 150 Å². The van der Waals surface area contributed by atoms with Crippen LogP contribution in [-0.4, -0.2) is 32.0 Å². The van der Waals surface area contributed by atoms with Crippen molar-refractivity contribution >= 4 is 11.8 Å². The van der Waals surface area contributed by atoms with Crippen LogP contribution >= 0.6 is 11.8 Å².